The molecule has 0 heterocycles. The summed E-state index contributed by atoms with van der Waals surface area (Å²) in [5.41, 5.74) is 0. The second-order valence-corrected chi connectivity index (χ2v) is 1.42. The number of aliphatic hydroxyl groups excluding tert-OH is 1. The van der Waals surface area contributed by atoms with Crippen molar-refractivity contribution in [2.75, 3.05) is 6.54 Å². The predicted molar refractivity (Wildman–Crippen MR) is 29.5 cm³/mol. The van der Waals surface area contributed by atoms with Crippen LogP contribution in [0.4, 0.5) is 0 Å². The molecule has 0 saturated carbocycles. The van der Waals surface area contributed by atoms with E-state index in [1.165, 1.54) is 0 Å². The minimum atomic E-state index is -0.424. The maximum absolute atomic E-state index is 10.2. The zero-order valence-electron chi connectivity index (χ0n) is 4.85. The summed E-state index contributed by atoms with van der Waals surface area (Å²) >= 11 is 0. The first kappa shape index (κ1) is 7.43. The van der Waals surface area contributed by atoms with Crippen molar-refractivity contribution in [2.45, 2.75) is 13.3 Å². The summed E-state index contributed by atoms with van der Waals surface area (Å²) in [6.45, 7) is 3.09. The van der Waals surface area contributed by atoms with Crippen molar-refractivity contribution in [3.8, 4) is 0 Å². The van der Waals surface area contributed by atoms with Gasteiger partial charge in [-0.25, -0.2) is 0 Å². The molecule has 0 fully saturated rings. The van der Waals surface area contributed by atoms with Gasteiger partial charge in [-0.3, -0.25) is 4.79 Å². The molecular weight excluding hydrogens is 106 g/mol. The molecule has 0 aromatic rings. The van der Waals surface area contributed by atoms with E-state index in [9.17, 15) is 4.79 Å². The third kappa shape index (κ3) is 3.61. The van der Waals surface area contributed by atoms with Gasteiger partial charge in [0.15, 0.2) is 6.61 Å². The predicted octanol–water partition coefficient (Wildman–Crippen LogP) is 0.0469. The van der Waals surface area contributed by atoms with Gasteiger partial charge in [0.2, 0.25) is 0 Å². The van der Waals surface area contributed by atoms with Gasteiger partial charge < -0.3 is 10.4 Å². The van der Waals surface area contributed by atoms with Crippen LogP contribution in [-0.2, 0) is 4.79 Å². The normalized spacial score (nSPS) is 8.75. The first-order valence-corrected chi connectivity index (χ1v) is 2.56. The van der Waals surface area contributed by atoms with Gasteiger partial charge >= 0.3 is 0 Å². The summed E-state index contributed by atoms with van der Waals surface area (Å²) in [4.78, 5) is 10.2. The molecule has 0 spiro atoms. The first-order valence-electron chi connectivity index (χ1n) is 2.56. The molecule has 0 rings (SSSR count). The van der Waals surface area contributed by atoms with E-state index in [4.69, 9.17) is 5.11 Å². The van der Waals surface area contributed by atoms with Crippen LogP contribution in [0, 0.1) is 6.61 Å². The van der Waals surface area contributed by atoms with Gasteiger partial charge in [0.1, 0.15) is 0 Å². The van der Waals surface area contributed by atoms with Crippen LogP contribution in [0.1, 0.15) is 13.3 Å². The van der Waals surface area contributed by atoms with E-state index in [-0.39, 0.29) is 0 Å². The Labute approximate surface area is 48.7 Å². The summed E-state index contributed by atoms with van der Waals surface area (Å²) < 4.78 is 0. The number of hydrogen-bond donors (Lipinski definition) is 2. The smallest absolute Gasteiger partial charge is 0.252 e. The van der Waals surface area contributed by atoms with E-state index in [0.717, 1.165) is 6.42 Å². The molecule has 8 heavy (non-hydrogen) atoms. The van der Waals surface area contributed by atoms with Crippen LogP contribution in [0.5, 0.6) is 0 Å². The average molecular weight is 116 g/mol. The van der Waals surface area contributed by atoms with Crippen LogP contribution in [0.2, 0.25) is 0 Å². The molecule has 0 aromatic carbocycles. The molecule has 3 heteroatoms. The lowest BCUT2D eigenvalue weighted by Crippen LogP contribution is -2.23. The zero-order chi connectivity index (χ0) is 6.41. The third-order valence-electron chi connectivity index (χ3n) is 0.666. The third-order valence-corrected chi connectivity index (χ3v) is 0.666. The van der Waals surface area contributed by atoms with Crippen LogP contribution in [0.25, 0.3) is 0 Å². The van der Waals surface area contributed by atoms with Gasteiger partial charge in [-0.1, -0.05) is 6.92 Å². The van der Waals surface area contributed by atoms with Crippen molar-refractivity contribution >= 4 is 5.91 Å². The highest BCUT2D eigenvalue weighted by molar-refractivity contribution is 5.82. The number of amides is 1. The second kappa shape index (κ2) is 4.59. The van der Waals surface area contributed by atoms with E-state index in [2.05, 4.69) is 5.32 Å². The largest absolute Gasteiger partial charge is 0.380 e. The van der Waals surface area contributed by atoms with E-state index in [1.807, 2.05) is 6.92 Å². The van der Waals surface area contributed by atoms with Gasteiger partial charge in [0.25, 0.3) is 5.91 Å². The number of hydrogen-bond acceptors (Lipinski definition) is 2. The lowest BCUT2D eigenvalue weighted by Gasteiger charge is -1.96. The fourth-order valence-corrected chi connectivity index (χ4v) is 0.294. The Morgan fingerprint density at radius 3 is 2.88 bits per heavy atom. The molecule has 0 aromatic heterocycles. The molecule has 47 valence electrons. The minimum Gasteiger partial charge on any atom is -0.380 e. The molecule has 1 amide bonds. The van der Waals surface area contributed by atoms with Crippen LogP contribution in [0.3, 0.4) is 0 Å². The van der Waals surface area contributed by atoms with Gasteiger partial charge in [-0.05, 0) is 6.42 Å². The first-order chi connectivity index (χ1) is 3.81. The fraction of sp³-hybridized carbons (Fsp3) is 0.600. The molecule has 2 N–H and O–H groups in total. The highest BCUT2D eigenvalue weighted by atomic mass is 16.3. The Bertz CT molecular complexity index is 72.8. The summed E-state index contributed by atoms with van der Waals surface area (Å²) in [6.07, 6.45) is 0.888. The summed E-state index contributed by atoms with van der Waals surface area (Å²) in [5.74, 6) is -0.424. The van der Waals surface area contributed by atoms with Crippen LogP contribution in [-0.4, -0.2) is 17.6 Å². The molecule has 0 aliphatic carbocycles. The maximum atomic E-state index is 10.2. The molecule has 0 saturated heterocycles. The SMILES string of the molecule is CCCNC(=O)[CH]O. The summed E-state index contributed by atoms with van der Waals surface area (Å²) in [5, 5.41) is 10.5. The van der Waals surface area contributed by atoms with Crippen LogP contribution < -0.4 is 5.32 Å². The summed E-state index contributed by atoms with van der Waals surface area (Å²) in [6, 6.07) is 0. The highest BCUT2D eigenvalue weighted by Gasteiger charge is 1.93. The van der Waals surface area contributed by atoms with Gasteiger partial charge in [0, 0.05) is 6.54 Å². The van der Waals surface area contributed by atoms with Crippen molar-refractivity contribution in [3.63, 3.8) is 0 Å². The number of nitrogens with one attached hydrogen (secondary N) is 1. The topological polar surface area (TPSA) is 49.3 Å². The van der Waals surface area contributed by atoms with Crippen molar-refractivity contribution in [2.24, 2.45) is 0 Å². The monoisotopic (exact) mass is 116 g/mol. The van der Waals surface area contributed by atoms with E-state index < -0.39 is 5.91 Å². The Hall–Kier alpha value is -0.570. The number of rotatable bonds is 3. The average Bonchev–Trinajstić information content (AvgIpc) is 1.83. The van der Waals surface area contributed by atoms with Crippen LogP contribution >= 0.6 is 0 Å². The maximum Gasteiger partial charge on any atom is 0.252 e. The molecule has 0 aliphatic rings. The molecular formula is C5H10NO2. The Morgan fingerprint density at radius 1 is 1.88 bits per heavy atom. The van der Waals surface area contributed by atoms with Gasteiger partial charge in [0.05, 0.1) is 0 Å². The molecule has 0 bridgehead atoms. The molecule has 0 atom stereocenters. The van der Waals surface area contributed by atoms with Crippen molar-refractivity contribution in [3.05, 3.63) is 6.61 Å². The number of aliphatic hydroxyl groups is 1. The van der Waals surface area contributed by atoms with E-state index in [1.54, 1.807) is 0 Å². The zero-order valence-corrected chi connectivity index (χ0v) is 4.85. The van der Waals surface area contributed by atoms with Crippen molar-refractivity contribution < 1.29 is 9.90 Å². The number of carbonyl (C=O) groups excluding carboxylic acids is 1. The minimum absolute atomic E-state index is 0.424. The number of carbonyl (C=O) groups is 1. The molecule has 3 nitrogen and oxygen atoms in total. The lowest BCUT2D eigenvalue weighted by atomic mass is 10.5. The highest BCUT2D eigenvalue weighted by Crippen LogP contribution is 1.71. The Morgan fingerprint density at radius 2 is 2.50 bits per heavy atom. The molecule has 0 aliphatic heterocycles. The van der Waals surface area contributed by atoms with Crippen molar-refractivity contribution in [1.29, 1.82) is 0 Å². The van der Waals surface area contributed by atoms with E-state index in [0.29, 0.717) is 13.2 Å². The fourth-order valence-electron chi connectivity index (χ4n) is 0.294. The molecule has 1 radical (unpaired) electrons. The van der Waals surface area contributed by atoms with Gasteiger partial charge in [-0.2, -0.15) is 0 Å². The lowest BCUT2D eigenvalue weighted by molar-refractivity contribution is -0.120. The second-order valence-electron chi connectivity index (χ2n) is 1.42. The van der Waals surface area contributed by atoms with Crippen LogP contribution in [0.15, 0.2) is 0 Å². The Balaban J connectivity index is 2.99. The quantitative estimate of drug-likeness (QED) is 0.547. The standard InChI is InChI=1S/C5H10NO2/c1-2-3-6-5(8)4-7/h4,7H,2-3H2,1H3,(H,6,8). The Kier molecular flexibility index (Phi) is 4.26. The molecule has 0 unspecified atom stereocenters. The summed E-state index contributed by atoms with van der Waals surface area (Å²) in [7, 11) is 0. The van der Waals surface area contributed by atoms with Crippen molar-refractivity contribution in [1.82, 2.24) is 5.32 Å². The van der Waals surface area contributed by atoms with E-state index >= 15 is 0 Å². The van der Waals surface area contributed by atoms with Gasteiger partial charge in [-0.15, -0.1) is 0 Å².